The first-order chi connectivity index (χ1) is 10.3. The molecule has 0 aromatic heterocycles. The lowest BCUT2D eigenvalue weighted by molar-refractivity contribution is 0.375. The second-order valence-corrected chi connectivity index (χ2v) is 5.44. The van der Waals surface area contributed by atoms with Gasteiger partial charge in [0.2, 0.25) is 0 Å². The molecule has 1 aliphatic heterocycles. The molecule has 0 radical (unpaired) electrons. The lowest BCUT2D eigenvalue weighted by atomic mass is 10.0. The first kappa shape index (κ1) is 19.0. The van der Waals surface area contributed by atoms with Gasteiger partial charge in [0.25, 0.3) is 0 Å². The quantitative estimate of drug-likeness (QED) is 0.456. The number of guanidine groups is 1. The van der Waals surface area contributed by atoms with Crippen LogP contribution >= 0.6 is 24.0 Å². The average molecular weight is 413 g/mol. The van der Waals surface area contributed by atoms with Crippen LogP contribution in [0.15, 0.2) is 40.9 Å². The van der Waals surface area contributed by atoms with Gasteiger partial charge in [-0.25, -0.2) is 0 Å². The summed E-state index contributed by atoms with van der Waals surface area (Å²) in [5.74, 6) is 1.08. The van der Waals surface area contributed by atoms with E-state index in [0.29, 0.717) is 0 Å². The molecule has 22 heavy (non-hydrogen) atoms. The Balaban J connectivity index is 0.00000242. The Labute approximate surface area is 151 Å². The van der Waals surface area contributed by atoms with Crippen LogP contribution in [-0.2, 0) is 0 Å². The van der Waals surface area contributed by atoms with Crippen LogP contribution in [-0.4, -0.2) is 37.0 Å². The minimum atomic E-state index is 0. The molecule has 122 valence electrons. The summed E-state index contributed by atoms with van der Waals surface area (Å²) in [5, 5.41) is 3.41. The summed E-state index contributed by atoms with van der Waals surface area (Å²) in [4.78, 5) is 7.07. The summed E-state index contributed by atoms with van der Waals surface area (Å²) < 4.78 is 0. The molecule has 1 saturated heterocycles. The lowest BCUT2D eigenvalue weighted by Crippen LogP contribution is -2.44. The molecule has 1 aromatic rings. The van der Waals surface area contributed by atoms with Crippen molar-refractivity contribution in [3.63, 3.8) is 0 Å². The van der Waals surface area contributed by atoms with E-state index in [2.05, 4.69) is 65.5 Å². The molecule has 3 nitrogen and oxygen atoms in total. The van der Waals surface area contributed by atoms with E-state index in [0.717, 1.165) is 51.4 Å². The smallest absolute Gasteiger partial charge is 0.193 e. The third-order valence-corrected chi connectivity index (χ3v) is 3.70. The Morgan fingerprint density at radius 2 is 1.86 bits per heavy atom. The van der Waals surface area contributed by atoms with E-state index in [1.165, 1.54) is 5.56 Å². The van der Waals surface area contributed by atoms with Crippen molar-refractivity contribution in [2.45, 2.75) is 33.1 Å². The molecule has 0 aliphatic carbocycles. The first-order valence-corrected chi connectivity index (χ1v) is 8.11. The van der Waals surface area contributed by atoms with Crippen molar-refractivity contribution in [1.82, 2.24) is 10.2 Å². The van der Waals surface area contributed by atoms with E-state index in [4.69, 9.17) is 0 Å². The zero-order valence-corrected chi connectivity index (χ0v) is 16.0. The Hall–Kier alpha value is -1.04. The van der Waals surface area contributed by atoms with E-state index < -0.39 is 0 Å². The molecule has 0 bridgehead atoms. The van der Waals surface area contributed by atoms with Crippen molar-refractivity contribution in [3.8, 4) is 0 Å². The molecule has 2 rings (SSSR count). The molecule has 1 aromatic carbocycles. The maximum absolute atomic E-state index is 4.68. The number of benzene rings is 1. The summed E-state index contributed by atoms with van der Waals surface area (Å²) >= 11 is 0. The molecule has 0 atom stereocenters. The highest BCUT2D eigenvalue weighted by Gasteiger charge is 2.16. The predicted octanol–water partition coefficient (Wildman–Crippen LogP) is 4.16. The number of likely N-dealkylation sites (tertiary alicyclic amines) is 1. The number of hydrogen-bond acceptors (Lipinski definition) is 1. The van der Waals surface area contributed by atoms with Gasteiger partial charge in [-0.05, 0) is 31.7 Å². The second kappa shape index (κ2) is 10.6. The number of halogens is 1. The Morgan fingerprint density at radius 1 is 1.18 bits per heavy atom. The zero-order chi connectivity index (χ0) is 14.9. The van der Waals surface area contributed by atoms with E-state index in [1.807, 2.05) is 0 Å². The molecule has 0 unspecified atom stereocenters. The second-order valence-electron chi connectivity index (χ2n) is 5.44. The molecular weight excluding hydrogens is 385 g/mol. The zero-order valence-electron chi connectivity index (χ0n) is 13.7. The number of aliphatic imine (C=N–C) groups is 1. The van der Waals surface area contributed by atoms with Crippen molar-refractivity contribution >= 4 is 36.0 Å². The summed E-state index contributed by atoms with van der Waals surface area (Å²) in [6.45, 7) is 8.27. The number of rotatable bonds is 4. The van der Waals surface area contributed by atoms with Gasteiger partial charge in [-0.15, -0.1) is 24.0 Å². The summed E-state index contributed by atoms with van der Waals surface area (Å²) in [5.41, 5.74) is 2.86. The van der Waals surface area contributed by atoms with Gasteiger partial charge >= 0.3 is 0 Å². The van der Waals surface area contributed by atoms with E-state index in [9.17, 15) is 0 Å². The molecule has 0 amide bonds. The molecule has 1 N–H and O–H groups in total. The molecule has 1 fully saturated rings. The van der Waals surface area contributed by atoms with Crippen LogP contribution < -0.4 is 5.32 Å². The van der Waals surface area contributed by atoms with Crippen LogP contribution in [0, 0.1) is 0 Å². The van der Waals surface area contributed by atoms with Crippen LogP contribution in [0.5, 0.6) is 0 Å². The highest BCUT2D eigenvalue weighted by Crippen LogP contribution is 2.19. The minimum absolute atomic E-state index is 0. The largest absolute Gasteiger partial charge is 0.357 e. The Kier molecular flexibility index (Phi) is 9.20. The number of nitrogens with one attached hydrogen (secondary N) is 1. The molecule has 1 aliphatic rings. The van der Waals surface area contributed by atoms with Gasteiger partial charge in [0.1, 0.15) is 0 Å². The average Bonchev–Trinajstić information content (AvgIpc) is 2.53. The van der Waals surface area contributed by atoms with Crippen LogP contribution in [0.3, 0.4) is 0 Å². The summed E-state index contributed by atoms with van der Waals surface area (Å²) in [6, 6.07) is 10.6. The van der Waals surface area contributed by atoms with Crippen molar-refractivity contribution in [3.05, 3.63) is 41.5 Å². The fourth-order valence-electron chi connectivity index (χ4n) is 2.58. The van der Waals surface area contributed by atoms with Crippen molar-refractivity contribution in [2.24, 2.45) is 4.99 Å². The third kappa shape index (κ3) is 5.99. The van der Waals surface area contributed by atoms with E-state index in [1.54, 1.807) is 5.57 Å². The number of piperidine rings is 1. The Morgan fingerprint density at radius 3 is 2.45 bits per heavy atom. The van der Waals surface area contributed by atoms with Gasteiger partial charge in [-0.3, -0.25) is 4.99 Å². The van der Waals surface area contributed by atoms with Gasteiger partial charge in [-0.2, -0.15) is 0 Å². The van der Waals surface area contributed by atoms with Crippen LogP contribution in [0.2, 0.25) is 0 Å². The maximum Gasteiger partial charge on any atom is 0.193 e. The van der Waals surface area contributed by atoms with Crippen LogP contribution in [0.4, 0.5) is 0 Å². The predicted molar refractivity (Wildman–Crippen MR) is 107 cm³/mol. The van der Waals surface area contributed by atoms with Gasteiger partial charge in [0.05, 0.1) is 0 Å². The normalized spacial score (nSPS) is 15.3. The molecule has 1 heterocycles. The topological polar surface area (TPSA) is 27.6 Å². The summed E-state index contributed by atoms with van der Waals surface area (Å²) in [6.07, 6.45) is 5.70. The van der Waals surface area contributed by atoms with Crippen molar-refractivity contribution < 1.29 is 0 Å². The van der Waals surface area contributed by atoms with Crippen LogP contribution in [0.1, 0.15) is 38.7 Å². The lowest BCUT2D eigenvalue weighted by Gasteiger charge is -2.31. The maximum atomic E-state index is 4.68. The van der Waals surface area contributed by atoms with Gasteiger partial charge in [0, 0.05) is 26.2 Å². The third-order valence-electron chi connectivity index (χ3n) is 3.70. The van der Waals surface area contributed by atoms with E-state index in [-0.39, 0.29) is 24.0 Å². The van der Waals surface area contributed by atoms with Gasteiger partial charge in [-0.1, -0.05) is 48.9 Å². The fraction of sp³-hybridized carbons (Fsp3) is 0.500. The molecule has 0 saturated carbocycles. The Bertz CT molecular complexity index is 472. The SMILES string of the molecule is CCCN=C(NCC)N1CCC(=Cc2ccccc2)CC1.I. The first-order valence-electron chi connectivity index (χ1n) is 8.11. The van der Waals surface area contributed by atoms with Crippen molar-refractivity contribution in [2.75, 3.05) is 26.2 Å². The standard InChI is InChI=1S/C18H27N3.HI/c1-3-12-20-18(19-4-2)21-13-10-17(11-14-21)15-16-8-6-5-7-9-16;/h5-9,15H,3-4,10-14H2,1-2H3,(H,19,20);1H. The molecular formula is C18H28IN3. The number of nitrogens with zero attached hydrogens (tertiary/aromatic N) is 2. The van der Waals surface area contributed by atoms with Gasteiger partial charge in [0.15, 0.2) is 5.96 Å². The van der Waals surface area contributed by atoms with Crippen molar-refractivity contribution in [1.29, 1.82) is 0 Å². The monoisotopic (exact) mass is 413 g/mol. The van der Waals surface area contributed by atoms with E-state index >= 15 is 0 Å². The van der Waals surface area contributed by atoms with Gasteiger partial charge < -0.3 is 10.2 Å². The number of hydrogen-bond donors (Lipinski definition) is 1. The summed E-state index contributed by atoms with van der Waals surface area (Å²) in [7, 11) is 0. The minimum Gasteiger partial charge on any atom is -0.357 e. The fourth-order valence-corrected chi connectivity index (χ4v) is 2.58. The highest BCUT2D eigenvalue weighted by molar-refractivity contribution is 14.0. The molecule has 0 spiro atoms. The molecule has 4 heteroatoms. The van der Waals surface area contributed by atoms with Crippen LogP contribution in [0.25, 0.3) is 6.08 Å². The highest BCUT2D eigenvalue weighted by atomic mass is 127.